The molecule has 2 N–H and O–H groups in total. The number of carbonyl (C=O) groups excluding carboxylic acids is 1. The van der Waals surface area contributed by atoms with Crippen LogP contribution in [0.4, 0.5) is 0 Å². The van der Waals surface area contributed by atoms with Crippen LogP contribution in [0.2, 0.25) is 0 Å². The first kappa shape index (κ1) is 15.3. The number of hydrogen-bond acceptors (Lipinski definition) is 4. The topological polar surface area (TPSA) is 66.9 Å². The Bertz CT molecular complexity index is 542. The summed E-state index contributed by atoms with van der Waals surface area (Å²) in [5.41, 5.74) is 1.94. The molecule has 0 spiro atoms. The lowest BCUT2D eigenvalue weighted by atomic mass is 10.1. The number of hydrogen-bond donors (Lipinski definition) is 2. The highest BCUT2D eigenvalue weighted by atomic mass is 35.5. The summed E-state index contributed by atoms with van der Waals surface area (Å²) in [5, 5.41) is 6.01. The second-order valence-corrected chi connectivity index (χ2v) is 3.84. The van der Waals surface area contributed by atoms with E-state index in [1.807, 2.05) is 19.1 Å². The first-order valence-electron chi connectivity index (χ1n) is 6.01. The Balaban J connectivity index is 0.00000180. The van der Waals surface area contributed by atoms with E-state index in [0.29, 0.717) is 17.6 Å². The molecule has 102 valence electrons. The number of halogens is 1. The monoisotopic (exact) mass is 280 g/mol. The minimum atomic E-state index is -0.112. The van der Waals surface area contributed by atoms with Gasteiger partial charge in [0.05, 0.1) is 11.1 Å². The number of nitrogens with zero attached hydrogens (tertiary/aromatic N) is 2. The van der Waals surface area contributed by atoms with Crippen LogP contribution in [0.15, 0.2) is 30.6 Å². The molecule has 2 aromatic rings. The SMILES string of the molecule is CCNCCNC(=O)c1cccc2nccnc12.Cl. The second kappa shape index (κ2) is 7.66. The zero-order chi connectivity index (χ0) is 12.8. The highest BCUT2D eigenvalue weighted by Crippen LogP contribution is 2.13. The van der Waals surface area contributed by atoms with Crippen LogP contribution in [-0.2, 0) is 0 Å². The fourth-order valence-electron chi connectivity index (χ4n) is 1.71. The van der Waals surface area contributed by atoms with Crippen molar-refractivity contribution in [3.05, 3.63) is 36.2 Å². The lowest BCUT2D eigenvalue weighted by Gasteiger charge is -2.07. The Kier molecular flexibility index (Phi) is 6.18. The summed E-state index contributed by atoms with van der Waals surface area (Å²) >= 11 is 0. The molecular formula is C13H17ClN4O. The smallest absolute Gasteiger partial charge is 0.253 e. The average Bonchev–Trinajstić information content (AvgIpc) is 2.43. The Hall–Kier alpha value is -1.72. The van der Waals surface area contributed by atoms with Gasteiger partial charge in [-0.15, -0.1) is 12.4 Å². The fourth-order valence-corrected chi connectivity index (χ4v) is 1.71. The Morgan fingerprint density at radius 1 is 1.21 bits per heavy atom. The predicted octanol–water partition coefficient (Wildman–Crippen LogP) is 1.39. The number of benzene rings is 1. The molecule has 0 aliphatic carbocycles. The average molecular weight is 281 g/mol. The minimum absolute atomic E-state index is 0. The van der Waals surface area contributed by atoms with Gasteiger partial charge in [0.25, 0.3) is 5.91 Å². The molecule has 1 aromatic heterocycles. The molecule has 0 bridgehead atoms. The third kappa shape index (κ3) is 3.87. The molecule has 5 nitrogen and oxygen atoms in total. The summed E-state index contributed by atoms with van der Waals surface area (Å²) in [4.78, 5) is 20.4. The fraction of sp³-hybridized carbons (Fsp3) is 0.308. The van der Waals surface area contributed by atoms with Crippen molar-refractivity contribution in [3.8, 4) is 0 Å². The van der Waals surface area contributed by atoms with Gasteiger partial charge < -0.3 is 10.6 Å². The third-order valence-electron chi connectivity index (χ3n) is 2.58. The maximum atomic E-state index is 12.0. The molecule has 1 aromatic carbocycles. The van der Waals surface area contributed by atoms with Crippen LogP contribution in [0.3, 0.4) is 0 Å². The molecule has 0 aliphatic heterocycles. The molecule has 19 heavy (non-hydrogen) atoms. The van der Waals surface area contributed by atoms with Crippen LogP contribution >= 0.6 is 12.4 Å². The Labute approximate surface area is 118 Å². The van der Waals surface area contributed by atoms with E-state index in [9.17, 15) is 4.79 Å². The third-order valence-corrected chi connectivity index (χ3v) is 2.58. The van der Waals surface area contributed by atoms with Crippen molar-refractivity contribution in [2.24, 2.45) is 0 Å². The molecule has 2 rings (SSSR count). The van der Waals surface area contributed by atoms with Crippen LogP contribution in [0.1, 0.15) is 17.3 Å². The largest absolute Gasteiger partial charge is 0.351 e. The molecule has 0 radical (unpaired) electrons. The van der Waals surface area contributed by atoms with Gasteiger partial charge in [-0.25, -0.2) is 0 Å². The summed E-state index contributed by atoms with van der Waals surface area (Å²) in [6, 6.07) is 5.42. The van der Waals surface area contributed by atoms with E-state index in [1.54, 1.807) is 18.5 Å². The summed E-state index contributed by atoms with van der Waals surface area (Å²) in [5.74, 6) is -0.112. The number of carbonyl (C=O) groups is 1. The van der Waals surface area contributed by atoms with Crippen molar-refractivity contribution in [1.82, 2.24) is 20.6 Å². The van der Waals surface area contributed by atoms with Crippen molar-refractivity contribution in [2.45, 2.75) is 6.92 Å². The molecule has 0 unspecified atom stereocenters. The van der Waals surface area contributed by atoms with Gasteiger partial charge in [0.2, 0.25) is 0 Å². The van der Waals surface area contributed by atoms with Gasteiger partial charge in [-0.3, -0.25) is 14.8 Å². The number of para-hydroxylation sites is 1. The molecule has 1 amide bonds. The Morgan fingerprint density at radius 3 is 2.79 bits per heavy atom. The van der Waals surface area contributed by atoms with Crippen molar-refractivity contribution in [3.63, 3.8) is 0 Å². The maximum Gasteiger partial charge on any atom is 0.253 e. The normalized spacial score (nSPS) is 9.95. The van der Waals surface area contributed by atoms with E-state index in [-0.39, 0.29) is 18.3 Å². The quantitative estimate of drug-likeness (QED) is 0.813. The van der Waals surface area contributed by atoms with Gasteiger partial charge in [0.15, 0.2) is 0 Å². The van der Waals surface area contributed by atoms with E-state index >= 15 is 0 Å². The molecule has 0 saturated carbocycles. The highest BCUT2D eigenvalue weighted by Gasteiger charge is 2.10. The van der Waals surface area contributed by atoms with Crippen molar-refractivity contribution in [2.75, 3.05) is 19.6 Å². The first-order valence-corrected chi connectivity index (χ1v) is 6.01. The number of likely N-dealkylation sites (N-methyl/N-ethyl adjacent to an activating group) is 1. The van der Waals surface area contributed by atoms with E-state index in [4.69, 9.17) is 0 Å². The second-order valence-electron chi connectivity index (χ2n) is 3.84. The number of rotatable bonds is 5. The molecule has 1 heterocycles. The van der Waals surface area contributed by atoms with Gasteiger partial charge in [-0.05, 0) is 18.7 Å². The molecule has 0 aliphatic rings. The van der Waals surface area contributed by atoms with Crippen LogP contribution < -0.4 is 10.6 Å². The van der Waals surface area contributed by atoms with Crippen molar-refractivity contribution >= 4 is 29.3 Å². The number of fused-ring (bicyclic) bond motifs is 1. The summed E-state index contributed by atoms with van der Waals surface area (Å²) in [7, 11) is 0. The van der Waals surface area contributed by atoms with Crippen LogP contribution in [0.5, 0.6) is 0 Å². The molecule has 6 heteroatoms. The van der Waals surface area contributed by atoms with Gasteiger partial charge in [-0.1, -0.05) is 13.0 Å². The van der Waals surface area contributed by atoms with Crippen molar-refractivity contribution < 1.29 is 4.79 Å². The van der Waals surface area contributed by atoms with Crippen LogP contribution in [-0.4, -0.2) is 35.5 Å². The molecule has 0 atom stereocenters. The molecular weight excluding hydrogens is 264 g/mol. The zero-order valence-corrected chi connectivity index (χ0v) is 11.5. The van der Waals surface area contributed by atoms with E-state index in [0.717, 1.165) is 18.6 Å². The first-order chi connectivity index (χ1) is 8.83. The number of nitrogens with one attached hydrogen (secondary N) is 2. The minimum Gasteiger partial charge on any atom is -0.351 e. The van der Waals surface area contributed by atoms with Gasteiger partial charge >= 0.3 is 0 Å². The van der Waals surface area contributed by atoms with E-state index < -0.39 is 0 Å². The van der Waals surface area contributed by atoms with Crippen molar-refractivity contribution in [1.29, 1.82) is 0 Å². The standard InChI is InChI=1S/C13H16N4O.ClH/c1-2-14-6-7-17-13(18)10-4-3-5-11-12(10)16-9-8-15-11;/h3-5,8-9,14H,2,6-7H2,1H3,(H,17,18);1H. The van der Waals surface area contributed by atoms with E-state index in [2.05, 4.69) is 20.6 Å². The van der Waals surface area contributed by atoms with Gasteiger partial charge in [0, 0.05) is 25.5 Å². The molecule has 0 saturated heterocycles. The lowest BCUT2D eigenvalue weighted by Crippen LogP contribution is -2.31. The van der Waals surface area contributed by atoms with Gasteiger partial charge in [0.1, 0.15) is 5.52 Å². The van der Waals surface area contributed by atoms with E-state index in [1.165, 1.54) is 0 Å². The lowest BCUT2D eigenvalue weighted by molar-refractivity contribution is 0.0955. The zero-order valence-electron chi connectivity index (χ0n) is 10.7. The maximum absolute atomic E-state index is 12.0. The summed E-state index contributed by atoms with van der Waals surface area (Å²) in [6.45, 7) is 4.29. The summed E-state index contributed by atoms with van der Waals surface area (Å²) in [6.07, 6.45) is 3.22. The van der Waals surface area contributed by atoms with Gasteiger partial charge in [-0.2, -0.15) is 0 Å². The molecule has 0 fully saturated rings. The van der Waals surface area contributed by atoms with Crippen LogP contribution in [0, 0.1) is 0 Å². The predicted molar refractivity (Wildman–Crippen MR) is 77.7 cm³/mol. The van der Waals surface area contributed by atoms with Crippen LogP contribution in [0.25, 0.3) is 11.0 Å². The Morgan fingerprint density at radius 2 is 2.00 bits per heavy atom. The number of amides is 1. The number of aromatic nitrogens is 2. The summed E-state index contributed by atoms with van der Waals surface area (Å²) < 4.78 is 0. The highest BCUT2D eigenvalue weighted by molar-refractivity contribution is 6.04.